The number of amides is 1. The van der Waals surface area contributed by atoms with Gasteiger partial charge in [-0.3, -0.25) is 0 Å². The number of rotatable bonds is 2. The van der Waals surface area contributed by atoms with E-state index in [0.717, 1.165) is 31.7 Å². The van der Waals surface area contributed by atoms with Crippen LogP contribution in [0.3, 0.4) is 0 Å². The maximum absolute atomic E-state index is 11.1. The Morgan fingerprint density at radius 1 is 1.56 bits per heavy atom. The summed E-state index contributed by atoms with van der Waals surface area (Å²) in [6, 6.07) is 1.83. The smallest absolute Gasteiger partial charge is 0.407 e. The van der Waals surface area contributed by atoms with Crippen LogP contribution >= 0.6 is 11.6 Å². The SMILES string of the molecule is CNC(=O)OC1CCN(c2ccnc(Cl)n2)CC1. The van der Waals surface area contributed by atoms with Crippen LogP contribution < -0.4 is 10.2 Å². The van der Waals surface area contributed by atoms with Crippen LogP contribution in [0.2, 0.25) is 5.28 Å². The Bertz CT molecular complexity index is 421. The molecule has 0 unspecified atom stereocenters. The first-order valence-electron chi connectivity index (χ1n) is 5.81. The Hall–Kier alpha value is -1.56. The number of alkyl carbamates (subject to hydrolysis) is 1. The van der Waals surface area contributed by atoms with E-state index < -0.39 is 0 Å². The monoisotopic (exact) mass is 270 g/mol. The molecule has 98 valence electrons. The third kappa shape index (κ3) is 3.22. The van der Waals surface area contributed by atoms with E-state index in [1.165, 1.54) is 0 Å². The number of nitrogens with zero attached hydrogens (tertiary/aromatic N) is 3. The summed E-state index contributed by atoms with van der Waals surface area (Å²) < 4.78 is 5.21. The Morgan fingerprint density at radius 2 is 2.28 bits per heavy atom. The van der Waals surface area contributed by atoms with Crippen molar-refractivity contribution in [1.82, 2.24) is 15.3 Å². The van der Waals surface area contributed by atoms with Crippen LogP contribution in [-0.2, 0) is 4.74 Å². The molecule has 1 amide bonds. The van der Waals surface area contributed by atoms with E-state index in [1.807, 2.05) is 6.07 Å². The highest BCUT2D eigenvalue weighted by Gasteiger charge is 2.22. The maximum Gasteiger partial charge on any atom is 0.407 e. The van der Waals surface area contributed by atoms with E-state index in [2.05, 4.69) is 20.2 Å². The average Bonchev–Trinajstić information content (AvgIpc) is 2.39. The quantitative estimate of drug-likeness (QED) is 0.824. The Balaban J connectivity index is 1.88. The second-order valence-corrected chi connectivity index (χ2v) is 4.36. The molecule has 0 saturated carbocycles. The first-order chi connectivity index (χ1) is 8.69. The highest BCUT2D eigenvalue weighted by Crippen LogP contribution is 2.20. The molecule has 1 aliphatic rings. The second kappa shape index (κ2) is 5.86. The van der Waals surface area contributed by atoms with Crippen LogP contribution in [0.25, 0.3) is 0 Å². The minimum Gasteiger partial charge on any atom is -0.446 e. The molecule has 1 aromatic heterocycles. The number of hydrogen-bond donors (Lipinski definition) is 1. The Morgan fingerprint density at radius 3 is 2.89 bits per heavy atom. The topological polar surface area (TPSA) is 67.3 Å². The van der Waals surface area contributed by atoms with E-state index >= 15 is 0 Å². The summed E-state index contributed by atoms with van der Waals surface area (Å²) in [5, 5.41) is 2.70. The molecule has 0 bridgehead atoms. The van der Waals surface area contributed by atoms with Crippen LogP contribution in [0.5, 0.6) is 0 Å². The van der Waals surface area contributed by atoms with Crippen LogP contribution in [-0.4, -0.2) is 42.3 Å². The summed E-state index contributed by atoms with van der Waals surface area (Å²) in [5.41, 5.74) is 0. The maximum atomic E-state index is 11.1. The van der Waals surface area contributed by atoms with Crippen LogP contribution in [0.4, 0.5) is 10.6 Å². The molecule has 1 aliphatic heterocycles. The molecule has 1 fully saturated rings. The molecule has 1 aromatic rings. The highest BCUT2D eigenvalue weighted by atomic mass is 35.5. The van der Waals surface area contributed by atoms with Gasteiger partial charge >= 0.3 is 6.09 Å². The van der Waals surface area contributed by atoms with Gasteiger partial charge in [-0.2, -0.15) is 0 Å². The summed E-state index contributed by atoms with van der Waals surface area (Å²) in [5.74, 6) is 0.813. The number of carbonyl (C=O) groups is 1. The van der Waals surface area contributed by atoms with E-state index in [4.69, 9.17) is 16.3 Å². The van der Waals surface area contributed by atoms with Crippen LogP contribution in [0, 0.1) is 0 Å². The third-order valence-corrected chi connectivity index (χ3v) is 3.04. The van der Waals surface area contributed by atoms with Gasteiger partial charge < -0.3 is 15.0 Å². The predicted molar refractivity (Wildman–Crippen MR) is 67.8 cm³/mol. The summed E-state index contributed by atoms with van der Waals surface area (Å²) in [6.07, 6.45) is 2.80. The van der Waals surface area contributed by atoms with Gasteiger partial charge in [0.2, 0.25) is 5.28 Å². The van der Waals surface area contributed by atoms with Gasteiger partial charge in [-0.1, -0.05) is 0 Å². The number of hydrogen-bond acceptors (Lipinski definition) is 5. The van der Waals surface area contributed by atoms with Gasteiger partial charge in [0, 0.05) is 39.2 Å². The molecule has 0 atom stereocenters. The lowest BCUT2D eigenvalue weighted by Gasteiger charge is -2.32. The number of ether oxygens (including phenoxy) is 1. The number of carbonyl (C=O) groups excluding carboxylic acids is 1. The number of anilines is 1. The van der Waals surface area contributed by atoms with Gasteiger partial charge in [-0.25, -0.2) is 14.8 Å². The Kier molecular flexibility index (Phi) is 4.19. The lowest BCUT2D eigenvalue weighted by molar-refractivity contribution is 0.0848. The molecule has 1 saturated heterocycles. The number of piperidine rings is 1. The second-order valence-electron chi connectivity index (χ2n) is 4.03. The summed E-state index contributed by atoms with van der Waals surface area (Å²) in [4.78, 5) is 21.2. The molecule has 0 radical (unpaired) electrons. The normalized spacial score (nSPS) is 16.4. The molecule has 0 spiro atoms. The fourth-order valence-electron chi connectivity index (χ4n) is 1.92. The molecule has 6 nitrogen and oxygen atoms in total. The van der Waals surface area contributed by atoms with E-state index in [0.29, 0.717) is 0 Å². The molecule has 0 aromatic carbocycles. The first kappa shape index (κ1) is 12.9. The van der Waals surface area contributed by atoms with Crippen LogP contribution in [0.15, 0.2) is 12.3 Å². The fourth-order valence-corrected chi connectivity index (χ4v) is 2.06. The van der Waals surface area contributed by atoms with Gasteiger partial charge in [0.1, 0.15) is 11.9 Å². The summed E-state index contributed by atoms with van der Waals surface area (Å²) in [6.45, 7) is 1.57. The summed E-state index contributed by atoms with van der Waals surface area (Å²) >= 11 is 5.75. The van der Waals surface area contributed by atoms with Crippen LogP contribution in [0.1, 0.15) is 12.8 Å². The van der Waals surface area contributed by atoms with Gasteiger partial charge in [0.25, 0.3) is 0 Å². The van der Waals surface area contributed by atoms with Crippen molar-refractivity contribution in [2.24, 2.45) is 0 Å². The van der Waals surface area contributed by atoms with Crippen molar-refractivity contribution >= 4 is 23.5 Å². The fraction of sp³-hybridized carbons (Fsp3) is 0.545. The van der Waals surface area contributed by atoms with Gasteiger partial charge in [-0.05, 0) is 17.7 Å². The zero-order chi connectivity index (χ0) is 13.0. The first-order valence-corrected chi connectivity index (χ1v) is 6.18. The largest absolute Gasteiger partial charge is 0.446 e. The van der Waals surface area contributed by atoms with Gasteiger partial charge in [-0.15, -0.1) is 0 Å². The number of aromatic nitrogens is 2. The van der Waals surface area contributed by atoms with Crippen molar-refractivity contribution in [1.29, 1.82) is 0 Å². The highest BCUT2D eigenvalue weighted by molar-refractivity contribution is 6.28. The molecule has 0 aliphatic carbocycles. The predicted octanol–water partition coefficient (Wildman–Crippen LogP) is 1.45. The molecule has 2 heterocycles. The van der Waals surface area contributed by atoms with Crippen molar-refractivity contribution in [2.75, 3.05) is 25.0 Å². The molecule has 2 rings (SSSR count). The van der Waals surface area contributed by atoms with E-state index in [9.17, 15) is 4.79 Å². The lowest BCUT2D eigenvalue weighted by Crippen LogP contribution is -2.39. The third-order valence-electron chi connectivity index (χ3n) is 2.86. The standard InChI is InChI=1S/C11H15ClN4O2/c1-13-11(17)18-8-3-6-16(7-4-8)9-2-5-14-10(12)15-9/h2,5,8H,3-4,6-7H2,1H3,(H,13,17). The minimum atomic E-state index is -0.376. The zero-order valence-electron chi connectivity index (χ0n) is 10.1. The van der Waals surface area contributed by atoms with Crippen molar-refractivity contribution in [3.05, 3.63) is 17.5 Å². The van der Waals surface area contributed by atoms with Gasteiger partial charge in [0.15, 0.2) is 0 Å². The molecular weight excluding hydrogens is 256 g/mol. The van der Waals surface area contributed by atoms with Crippen molar-refractivity contribution in [3.63, 3.8) is 0 Å². The molecule has 18 heavy (non-hydrogen) atoms. The van der Waals surface area contributed by atoms with Crippen molar-refractivity contribution < 1.29 is 9.53 Å². The average molecular weight is 271 g/mol. The van der Waals surface area contributed by atoms with Gasteiger partial charge in [0.05, 0.1) is 0 Å². The van der Waals surface area contributed by atoms with Crippen molar-refractivity contribution in [3.8, 4) is 0 Å². The Labute approximate surface area is 110 Å². The summed E-state index contributed by atoms with van der Waals surface area (Å²) in [7, 11) is 1.56. The van der Waals surface area contributed by atoms with Crippen molar-refractivity contribution in [2.45, 2.75) is 18.9 Å². The number of nitrogens with one attached hydrogen (secondary N) is 1. The lowest BCUT2D eigenvalue weighted by atomic mass is 10.1. The molecular formula is C11H15ClN4O2. The molecule has 7 heteroatoms. The minimum absolute atomic E-state index is 0.0292. The zero-order valence-corrected chi connectivity index (χ0v) is 10.9. The number of halogens is 1. The van der Waals surface area contributed by atoms with E-state index in [-0.39, 0.29) is 17.5 Å². The van der Waals surface area contributed by atoms with E-state index in [1.54, 1.807) is 13.2 Å². The molecule has 1 N–H and O–H groups in total.